The van der Waals surface area contributed by atoms with E-state index in [4.69, 9.17) is 9.05 Å². The van der Waals surface area contributed by atoms with Crippen molar-refractivity contribution in [3.8, 4) is 0 Å². The molecular weight excluding hydrogens is 792 g/mol. The lowest BCUT2D eigenvalue weighted by molar-refractivity contribution is -0.870. The van der Waals surface area contributed by atoms with Crippen molar-refractivity contribution in [3.63, 3.8) is 0 Å². The number of carbonyl (C=O) groups is 1. The van der Waals surface area contributed by atoms with E-state index >= 15 is 0 Å². The summed E-state index contributed by atoms with van der Waals surface area (Å²) in [5, 5.41) is 13.6. The summed E-state index contributed by atoms with van der Waals surface area (Å²) in [6, 6.07) is -0.750. The molecule has 0 spiro atoms. The van der Waals surface area contributed by atoms with Crippen molar-refractivity contribution in [1.29, 1.82) is 0 Å². The second kappa shape index (κ2) is 45.6. The van der Waals surface area contributed by atoms with E-state index in [0.29, 0.717) is 23.9 Å². The Balaban J connectivity index is 3.56. The molecule has 0 heterocycles. The van der Waals surface area contributed by atoms with Crippen LogP contribution in [0.5, 0.6) is 0 Å². The number of phosphoric acid groups is 1. The maximum absolute atomic E-state index is 12.7. The van der Waals surface area contributed by atoms with E-state index in [1.54, 1.807) is 0 Å². The Labute approximate surface area is 387 Å². The summed E-state index contributed by atoms with van der Waals surface area (Å²) in [6.45, 7) is 4.75. The van der Waals surface area contributed by atoms with Crippen LogP contribution in [-0.2, 0) is 18.4 Å². The van der Waals surface area contributed by atoms with Gasteiger partial charge in [0.25, 0.3) is 0 Å². The first-order valence-corrected chi connectivity index (χ1v) is 28.9. The molecule has 0 aliphatic carbocycles. The van der Waals surface area contributed by atoms with Crippen LogP contribution in [0.2, 0.25) is 0 Å². The van der Waals surface area contributed by atoms with E-state index < -0.39 is 20.0 Å². The van der Waals surface area contributed by atoms with Gasteiger partial charge in [0.2, 0.25) is 5.91 Å². The molecule has 0 aromatic rings. The van der Waals surface area contributed by atoms with Gasteiger partial charge in [0.1, 0.15) is 13.2 Å². The topological polar surface area (TPSA) is 105 Å². The number of carbonyl (C=O) groups excluding carboxylic acids is 1. The SMILES string of the molecule is CCCCCCCCCCCCCCCCCCCCCCCCCCCCCCCCCCCCCCCC(=O)NC(COP(=O)(O)OCC[N+](C)(C)C)C(O)CCCCC. The van der Waals surface area contributed by atoms with Gasteiger partial charge in [0, 0.05) is 6.42 Å². The van der Waals surface area contributed by atoms with Gasteiger partial charge < -0.3 is 19.8 Å². The van der Waals surface area contributed by atoms with Crippen molar-refractivity contribution in [1.82, 2.24) is 5.32 Å². The minimum absolute atomic E-state index is 0.0765. The maximum Gasteiger partial charge on any atom is 0.472 e. The predicted molar refractivity (Wildman–Crippen MR) is 268 cm³/mol. The first kappa shape index (κ1) is 61.5. The fraction of sp³-hybridized carbons (Fsp3) is 0.981. The number of aliphatic hydroxyl groups excluding tert-OH is 1. The summed E-state index contributed by atoms with van der Waals surface area (Å²) in [5.41, 5.74) is 0. The lowest BCUT2D eigenvalue weighted by atomic mass is 10.0. The number of rotatable bonds is 51. The molecule has 0 aromatic carbocycles. The van der Waals surface area contributed by atoms with Crippen LogP contribution in [0.15, 0.2) is 0 Å². The number of likely N-dealkylation sites (N-methyl/N-ethyl adjacent to an activating group) is 1. The monoisotopic (exact) mass is 902 g/mol. The van der Waals surface area contributed by atoms with E-state index in [1.807, 2.05) is 21.1 Å². The summed E-state index contributed by atoms with van der Waals surface area (Å²) >= 11 is 0. The minimum Gasteiger partial charge on any atom is -0.391 e. The third-order valence-corrected chi connectivity index (χ3v) is 13.8. The van der Waals surface area contributed by atoms with Gasteiger partial charge in [0.05, 0.1) is 39.9 Å². The Kier molecular flexibility index (Phi) is 45.3. The third-order valence-electron chi connectivity index (χ3n) is 12.9. The average Bonchev–Trinajstić information content (AvgIpc) is 3.23. The zero-order valence-electron chi connectivity index (χ0n) is 42.4. The first-order chi connectivity index (χ1) is 30.0. The molecule has 0 radical (unpaired) electrons. The standard InChI is InChI=1S/C53H109N2O6P/c1-6-8-10-11-12-13-14-15-16-17-18-19-20-21-22-23-24-25-26-27-28-29-30-31-32-33-34-35-36-37-38-39-40-41-42-43-45-47-53(57)54-51(52(56)46-44-9-7-2)50-61-62(58,59)60-49-48-55(3,4)5/h51-52,56H,6-50H2,1-5H3,(H-,54,57,58,59)/p+1. The summed E-state index contributed by atoms with van der Waals surface area (Å²) in [6.07, 6.45) is 54.3. The van der Waals surface area contributed by atoms with Crippen molar-refractivity contribution in [2.75, 3.05) is 40.9 Å². The van der Waals surface area contributed by atoms with Gasteiger partial charge >= 0.3 is 7.82 Å². The largest absolute Gasteiger partial charge is 0.472 e. The second-order valence-electron chi connectivity index (χ2n) is 20.3. The summed E-state index contributed by atoms with van der Waals surface area (Å²) < 4.78 is 23.3. The lowest BCUT2D eigenvalue weighted by Gasteiger charge is -2.26. The quantitative estimate of drug-likeness (QED) is 0.0319. The molecule has 0 aliphatic rings. The van der Waals surface area contributed by atoms with Crippen molar-refractivity contribution in [3.05, 3.63) is 0 Å². The van der Waals surface area contributed by atoms with Crippen molar-refractivity contribution in [2.45, 2.75) is 296 Å². The molecule has 1 amide bonds. The lowest BCUT2D eigenvalue weighted by Crippen LogP contribution is -2.46. The number of nitrogens with zero attached hydrogens (tertiary/aromatic N) is 1. The number of amides is 1. The zero-order valence-corrected chi connectivity index (χ0v) is 43.3. The second-order valence-corrected chi connectivity index (χ2v) is 21.8. The van der Waals surface area contributed by atoms with Gasteiger partial charge in [-0.15, -0.1) is 0 Å². The first-order valence-electron chi connectivity index (χ1n) is 27.4. The third kappa shape index (κ3) is 47.5. The van der Waals surface area contributed by atoms with E-state index in [0.717, 1.165) is 38.5 Å². The van der Waals surface area contributed by atoms with E-state index in [9.17, 15) is 19.4 Å². The Bertz CT molecular complexity index is 978. The fourth-order valence-corrected chi connectivity index (χ4v) is 9.26. The Morgan fingerprint density at radius 3 is 1.08 bits per heavy atom. The number of hydrogen-bond donors (Lipinski definition) is 3. The van der Waals surface area contributed by atoms with Crippen molar-refractivity contribution in [2.24, 2.45) is 0 Å². The summed E-state index contributed by atoms with van der Waals surface area (Å²) in [4.78, 5) is 22.9. The van der Waals surface area contributed by atoms with E-state index in [-0.39, 0.29) is 19.1 Å². The van der Waals surface area contributed by atoms with Crippen LogP contribution in [0, 0.1) is 0 Å². The van der Waals surface area contributed by atoms with Crippen LogP contribution >= 0.6 is 7.82 Å². The molecule has 0 aliphatic heterocycles. The molecule has 3 unspecified atom stereocenters. The fourth-order valence-electron chi connectivity index (χ4n) is 8.52. The Morgan fingerprint density at radius 2 is 0.774 bits per heavy atom. The Morgan fingerprint density at radius 1 is 0.484 bits per heavy atom. The summed E-state index contributed by atoms with van der Waals surface area (Å²) in [7, 11) is 1.62. The Hall–Kier alpha value is -0.500. The van der Waals surface area contributed by atoms with Crippen molar-refractivity contribution < 1.29 is 32.9 Å². The number of quaternary nitrogens is 1. The van der Waals surface area contributed by atoms with Gasteiger partial charge in [-0.25, -0.2) is 4.57 Å². The smallest absolute Gasteiger partial charge is 0.391 e. The molecule has 9 heteroatoms. The molecule has 0 fully saturated rings. The van der Waals surface area contributed by atoms with Crippen LogP contribution in [0.4, 0.5) is 0 Å². The minimum atomic E-state index is -4.29. The number of nitrogens with one attached hydrogen (secondary N) is 1. The van der Waals surface area contributed by atoms with Gasteiger partial charge in [0.15, 0.2) is 0 Å². The molecule has 0 saturated heterocycles. The van der Waals surface area contributed by atoms with Crippen LogP contribution in [-0.4, -0.2) is 73.4 Å². The molecule has 8 nitrogen and oxygen atoms in total. The number of unbranched alkanes of at least 4 members (excludes halogenated alkanes) is 38. The average molecular weight is 902 g/mol. The summed E-state index contributed by atoms with van der Waals surface area (Å²) in [5.74, 6) is -0.150. The van der Waals surface area contributed by atoms with Gasteiger partial charge in [-0.05, 0) is 12.8 Å². The molecule has 0 aromatic heterocycles. The van der Waals surface area contributed by atoms with Gasteiger partial charge in [-0.3, -0.25) is 13.8 Å². The normalized spacial score (nSPS) is 14.0. The zero-order chi connectivity index (χ0) is 45.7. The number of hydrogen-bond acceptors (Lipinski definition) is 5. The van der Waals surface area contributed by atoms with E-state index in [2.05, 4.69) is 19.2 Å². The molecular formula is C53H110N2O6P+. The molecule has 3 N–H and O–H groups in total. The van der Waals surface area contributed by atoms with Gasteiger partial charge in [-0.1, -0.05) is 264 Å². The molecule has 372 valence electrons. The highest BCUT2D eigenvalue weighted by molar-refractivity contribution is 7.47. The molecule has 62 heavy (non-hydrogen) atoms. The molecule has 3 atom stereocenters. The van der Waals surface area contributed by atoms with Crippen molar-refractivity contribution >= 4 is 13.7 Å². The number of aliphatic hydroxyl groups is 1. The van der Waals surface area contributed by atoms with Crippen LogP contribution in [0.25, 0.3) is 0 Å². The van der Waals surface area contributed by atoms with Crippen LogP contribution in [0.3, 0.4) is 0 Å². The highest BCUT2D eigenvalue weighted by Gasteiger charge is 2.28. The van der Waals surface area contributed by atoms with Crippen LogP contribution < -0.4 is 5.32 Å². The highest BCUT2D eigenvalue weighted by atomic mass is 31.2. The van der Waals surface area contributed by atoms with Gasteiger partial charge in [-0.2, -0.15) is 0 Å². The van der Waals surface area contributed by atoms with Crippen LogP contribution in [0.1, 0.15) is 284 Å². The highest BCUT2D eigenvalue weighted by Crippen LogP contribution is 2.43. The van der Waals surface area contributed by atoms with E-state index in [1.165, 1.54) is 218 Å². The molecule has 0 rings (SSSR count). The molecule has 0 saturated carbocycles. The molecule has 0 bridgehead atoms. The predicted octanol–water partition coefficient (Wildman–Crippen LogP) is 16.1. The number of phosphoric ester groups is 1. The maximum atomic E-state index is 12.7.